The minimum atomic E-state index is -4.14. The number of carbonyl (C=O) groups is 1. The van der Waals surface area contributed by atoms with Crippen LogP contribution in [0.15, 0.2) is 48.0 Å². The summed E-state index contributed by atoms with van der Waals surface area (Å²) in [6, 6.07) is 10.3. The molecule has 0 aliphatic carbocycles. The molecule has 1 N–H and O–H groups in total. The Morgan fingerprint density at radius 2 is 1.73 bits per heavy atom. The summed E-state index contributed by atoms with van der Waals surface area (Å²) in [5, 5.41) is 8.79. The first-order chi connectivity index (χ1) is 15.6. The number of hydrogen-bond acceptors (Lipinski definition) is 4. The summed E-state index contributed by atoms with van der Waals surface area (Å²) in [4.78, 5) is 11.7. The number of benzene rings is 2. The van der Waals surface area contributed by atoms with Crippen molar-refractivity contribution in [2.45, 2.75) is 18.3 Å². The van der Waals surface area contributed by atoms with Crippen LogP contribution in [0.2, 0.25) is 0 Å². The number of alkyl halides is 4. The average Bonchev–Trinajstić information content (AvgIpc) is 2.94. The fourth-order valence-electron chi connectivity index (χ4n) is 3.94. The second-order valence-electron chi connectivity index (χ2n) is 7.98. The number of ether oxygens (including phenoxy) is 2. The van der Waals surface area contributed by atoms with Crippen LogP contribution in [0.4, 0.5) is 22.0 Å². The molecule has 2 aromatic carbocycles. The zero-order valence-electron chi connectivity index (χ0n) is 17.3. The van der Waals surface area contributed by atoms with E-state index in [0.717, 1.165) is 4.90 Å². The average molecular weight is 469 g/mol. The molecule has 0 unspecified atom stereocenters. The van der Waals surface area contributed by atoms with Gasteiger partial charge in [0.25, 0.3) is 0 Å². The van der Waals surface area contributed by atoms with Crippen LogP contribution >= 0.6 is 0 Å². The molecule has 0 atom stereocenters. The fraction of sp³-hybridized carbons (Fsp3) is 0.348. The molecule has 0 bridgehead atoms. The van der Waals surface area contributed by atoms with Gasteiger partial charge in [0, 0.05) is 12.1 Å². The topological polar surface area (TPSA) is 59.0 Å². The Labute approximate surface area is 186 Å². The molecule has 2 heterocycles. The van der Waals surface area contributed by atoms with Gasteiger partial charge in [0.15, 0.2) is 0 Å². The lowest BCUT2D eigenvalue weighted by Crippen LogP contribution is -2.38. The normalized spacial score (nSPS) is 19.2. The van der Waals surface area contributed by atoms with Gasteiger partial charge in [-0.05, 0) is 47.0 Å². The van der Waals surface area contributed by atoms with Crippen molar-refractivity contribution in [2.24, 2.45) is 0 Å². The van der Waals surface area contributed by atoms with Gasteiger partial charge in [-0.3, -0.25) is 9.69 Å². The molecule has 2 aromatic rings. The van der Waals surface area contributed by atoms with Crippen molar-refractivity contribution >= 4 is 11.5 Å². The highest BCUT2D eigenvalue weighted by Crippen LogP contribution is 2.43. The summed E-state index contributed by atoms with van der Waals surface area (Å²) in [6.07, 6.45) is -0.211. The van der Waals surface area contributed by atoms with Crippen molar-refractivity contribution in [3.63, 3.8) is 0 Å². The molecule has 0 aromatic heterocycles. The van der Waals surface area contributed by atoms with E-state index in [1.54, 1.807) is 18.2 Å². The maximum absolute atomic E-state index is 13.7. The standard InChI is InChI=1S/C23H20F5NO4/c24-16-3-1-14(2-4-16)21-15(10-29-12-22(25,26)23(27,28)13-29)11-33-19-6-5-17(9-18(19)21)32-8-7-20(30)31/h1-6,9H,7-8,10-13H2,(H,30,31). The van der Waals surface area contributed by atoms with Crippen LogP contribution in [0.5, 0.6) is 11.5 Å². The molecule has 33 heavy (non-hydrogen) atoms. The SMILES string of the molecule is O=C(O)CCOc1ccc2c(c1)C(c1ccc(F)cc1)=C(CN1CC(F)(F)C(F)(F)C1)CO2. The summed E-state index contributed by atoms with van der Waals surface area (Å²) in [6.45, 7) is -2.47. The van der Waals surface area contributed by atoms with Crippen molar-refractivity contribution in [3.05, 3.63) is 65.0 Å². The fourth-order valence-corrected chi connectivity index (χ4v) is 3.94. The minimum absolute atomic E-state index is 0.0213. The Hall–Kier alpha value is -3.14. The van der Waals surface area contributed by atoms with Gasteiger partial charge in [0.1, 0.15) is 23.9 Å². The zero-order valence-corrected chi connectivity index (χ0v) is 17.3. The Kier molecular flexibility index (Phi) is 6.04. The summed E-state index contributed by atoms with van der Waals surface area (Å²) in [5.74, 6) is -8.98. The summed E-state index contributed by atoms with van der Waals surface area (Å²) in [7, 11) is 0. The molecule has 0 amide bonds. The highest BCUT2D eigenvalue weighted by atomic mass is 19.3. The lowest BCUT2D eigenvalue weighted by molar-refractivity contribution is -0.172. The maximum atomic E-state index is 13.7. The minimum Gasteiger partial charge on any atom is -0.493 e. The lowest BCUT2D eigenvalue weighted by Gasteiger charge is -2.27. The van der Waals surface area contributed by atoms with Gasteiger partial charge in [-0.2, -0.15) is 17.6 Å². The Morgan fingerprint density at radius 3 is 2.36 bits per heavy atom. The number of fused-ring (bicyclic) bond motifs is 1. The first kappa shape index (κ1) is 23.0. The Balaban J connectivity index is 1.71. The number of nitrogens with zero attached hydrogens (tertiary/aromatic N) is 1. The Morgan fingerprint density at radius 1 is 1.06 bits per heavy atom. The van der Waals surface area contributed by atoms with Crippen LogP contribution in [0, 0.1) is 5.82 Å². The molecule has 0 radical (unpaired) electrons. The van der Waals surface area contributed by atoms with E-state index in [1.807, 2.05) is 0 Å². The van der Waals surface area contributed by atoms with E-state index in [4.69, 9.17) is 14.6 Å². The number of likely N-dealkylation sites (tertiary alicyclic amines) is 1. The third-order valence-corrected chi connectivity index (χ3v) is 5.49. The summed E-state index contributed by atoms with van der Waals surface area (Å²) < 4.78 is 79.6. The highest BCUT2D eigenvalue weighted by Gasteiger charge is 2.62. The van der Waals surface area contributed by atoms with Gasteiger partial charge < -0.3 is 14.6 Å². The number of carboxylic acid groups (broad SMARTS) is 1. The molecular formula is C23H20F5NO4. The van der Waals surface area contributed by atoms with E-state index < -0.39 is 36.7 Å². The predicted octanol–water partition coefficient (Wildman–Crippen LogP) is 4.46. The first-order valence-electron chi connectivity index (χ1n) is 10.1. The third kappa shape index (κ3) is 4.80. The van der Waals surface area contributed by atoms with Crippen molar-refractivity contribution in [1.29, 1.82) is 0 Å². The second-order valence-corrected chi connectivity index (χ2v) is 7.98. The smallest absolute Gasteiger partial charge is 0.323 e. The van der Waals surface area contributed by atoms with Gasteiger partial charge in [-0.15, -0.1) is 0 Å². The molecule has 2 aliphatic rings. The molecular weight excluding hydrogens is 449 g/mol. The molecule has 1 fully saturated rings. The highest BCUT2D eigenvalue weighted by molar-refractivity contribution is 5.87. The van der Waals surface area contributed by atoms with E-state index in [0.29, 0.717) is 33.8 Å². The molecule has 5 nitrogen and oxygen atoms in total. The Bertz CT molecular complexity index is 1070. The first-order valence-corrected chi connectivity index (χ1v) is 10.1. The summed E-state index contributed by atoms with van der Waals surface area (Å²) in [5.41, 5.74) is 2.08. The second kappa shape index (κ2) is 8.66. The predicted molar refractivity (Wildman–Crippen MR) is 108 cm³/mol. The van der Waals surface area contributed by atoms with Crippen molar-refractivity contribution in [1.82, 2.24) is 4.90 Å². The monoisotopic (exact) mass is 469 g/mol. The molecule has 4 rings (SSSR count). The molecule has 0 saturated carbocycles. The lowest BCUT2D eigenvalue weighted by atomic mass is 9.90. The van der Waals surface area contributed by atoms with Gasteiger partial charge in [0.05, 0.1) is 26.1 Å². The van der Waals surface area contributed by atoms with Crippen LogP contribution in [0.3, 0.4) is 0 Å². The van der Waals surface area contributed by atoms with Crippen LogP contribution in [0.1, 0.15) is 17.5 Å². The molecule has 0 spiro atoms. The maximum Gasteiger partial charge on any atom is 0.323 e. The van der Waals surface area contributed by atoms with E-state index in [1.165, 1.54) is 24.3 Å². The van der Waals surface area contributed by atoms with E-state index in [9.17, 15) is 26.7 Å². The number of hydrogen-bond donors (Lipinski definition) is 1. The molecule has 2 aliphatic heterocycles. The van der Waals surface area contributed by atoms with E-state index in [-0.39, 0.29) is 26.2 Å². The molecule has 1 saturated heterocycles. The van der Waals surface area contributed by atoms with E-state index in [2.05, 4.69) is 0 Å². The van der Waals surface area contributed by atoms with Crippen LogP contribution in [0.25, 0.3) is 5.57 Å². The quantitative estimate of drug-likeness (QED) is 0.607. The van der Waals surface area contributed by atoms with Crippen LogP contribution in [-0.2, 0) is 4.79 Å². The molecule has 176 valence electrons. The van der Waals surface area contributed by atoms with Gasteiger partial charge >= 0.3 is 17.8 Å². The van der Waals surface area contributed by atoms with Crippen molar-refractivity contribution < 1.29 is 41.3 Å². The van der Waals surface area contributed by atoms with Crippen molar-refractivity contribution in [3.8, 4) is 11.5 Å². The largest absolute Gasteiger partial charge is 0.493 e. The molecule has 10 heteroatoms. The van der Waals surface area contributed by atoms with Crippen molar-refractivity contribution in [2.75, 3.05) is 32.8 Å². The van der Waals surface area contributed by atoms with Gasteiger partial charge in [0.2, 0.25) is 0 Å². The number of halogens is 5. The van der Waals surface area contributed by atoms with E-state index >= 15 is 0 Å². The number of rotatable bonds is 7. The zero-order chi connectivity index (χ0) is 23.8. The van der Waals surface area contributed by atoms with Gasteiger partial charge in [-0.25, -0.2) is 4.39 Å². The van der Waals surface area contributed by atoms with Gasteiger partial charge in [-0.1, -0.05) is 12.1 Å². The number of aliphatic carboxylic acids is 1. The summed E-state index contributed by atoms with van der Waals surface area (Å²) >= 11 is 0. The third-order valence-electron chi connectivity index (χ3n) is 5.49. The number of carboxylic acids is 1. The van der Waals surface area contributed by atoms with Crippen LogP contribution in [-0.4, -0.2) is 60.7 Å². The van der Waals surface area contributed by atoms with Crippen LogP contribution < -0.4 is 9.47 Å².